The molecule has 4 aromatic rings. The zero-order valence-electron chi connectivity index (χ0n) is 26.6. The fraction of sp³-hybridized carbons (Fsp3) is 0.400. The first kappa shape index (κ1) is 33.8. The molecule has 0 saturated heterocycles. The summed E-state index contributed by atoms with van der Waals surface area (Å²) in [5, 5.41) is 11.7. The van der Waals surface area contributed by atoms with Crippen LogP contribution in [-0.4, -0.2) is 79.8 Å². The summed E-state index contributed by atoms with van der Waals surface area (Å²) in [7, 11) is 3.37. The molecule has 0 aliphatic rings. The van der Waals surface area contributed by atoms with Gasteiger partial charge < -0.3 is 30.4 Å². The SMILES string of the molecule is COCCN(CCC[C@H](NC(=O)c1ccc(CNCc2ncc[nH]2)cc1)C(=O)N[C@@H](C)c1cccc2ccccc12)CCOC. The Kier molecular flexibility index (Phi) is 13.5. The van der Waals surface area contributed by atoms with Gasteiger partial charge in [-0.05, 0) is 60.3 Å². The number of aromatic nitrogens is 2. The van der Waals surface area contributed by atoms with Gasteiger partial charge in [0.25, 0.3) is 5.91 Å². The minimum absolute atomic E-state index is 0.206. The van der Waals surface area contributed by atoms with Gasteiger partial charge in [-0.1, -0.05) is 54.6 Å². The molecule has 10 nitrogen and oxygen atoms in total. The van der Waals surface area contributed by atoms with E-state index in [9.17, 15) is 9.59 Å². The average Bonchev–Trinajstić information content (AvgIpc) is 3.58. The summed E-state index contributed by atoms with van der Waals surface area (Å²) in [5.41, 5.74) is 2.59. The lowest BCUT2D eigenvalue weighted by molar-refractivity contribution is -0.123. The molecule has 240 valence electrons. The van der Waals surface area contributed by atoms with Crippen molar-refractivity contribution in [3.8, 4) is 0 Å². The first-order valence-electron chi connectivity index (χ1n) is 15.6. The molecule has 10 heteroatoms. The van der Waals surface area contributed by atoms with E-state index in [0.29, 0.717) is 44.7 Å². The molecule has 0 bridgehead atoms. The van der Waals surface area contributed by atoms with Crippen LogP contribution in [-0.2, 0) is 27.4 Å². The topological polar surface area (TPSA) is 121 Å². The zero-order chi connectivity index (χ0) is 31.9. The van der Waals surface area contributed by atoms with E-state index in [1.807, 2.05) is 43.3 Å². The highest BCUT2D eigenvalue weighted by Gasteiger charge is 2.24. The molecule has 3 aromatic carbocycles. The third-order valence-electron chi connectivity index (χ3n) is 7.85. The summed E-state index contributed by atoms with van der Waals surface area (Å²) in [6, 6.07) is 20.7. The number of carbonyl (C=O) groups excluding carboxylic acids is 2. The molecule has 2 atom stereocenters. The Morgan fingerprint density at radius 1 is 0.889 bits per heavy atom. The number of hydrogen-bond acceptors (Lipinski definition) is 7. The average molecular weight is 615 g/mol. The number of fused-ring (bicyclic) bond motifs is 1. The Balaban J connectivity index is 1.41. The van der Waals surface area contributed by atoms with E-state index in [1.165, 1.54) is 0 Å². The molecule has 2 amide bonds. The van der Waals surface area contributed by atoms with Crippen LogP contribution >= 0.6 is 0 Å². The van der Waals surface area contributed by atoms with Crippen molar-refractivity contribution in [3.63, 3.8) is 0 Å². The van der Waals surface area contributed by atoms with Crippen LogP contribution in [0.25, 0.3) is 10.8 Å². The van der Waals surface area contributed by atoms with E-state index in [1.54, 1.807) is 38.7 Å². The largest absolute Gasteiger partial charge is 0.383 e. The maximum absolute atomic E-state index is 13.7. The van der Waals surface area contributed by atoms with Crippen molar-refractivity contribution in [2.24, 2.45) is 0 Å². The number of carbonyl (C=O) groups is 2. The van der Waals surface area contributed by atoms with Gasteiger partial charge in [-0.15, -0.1) is 0 Å². The summed E-state index contributed by atoms with van der Waals surface area (Å²) >= 11 is 0. The van der Waals surface area contributed by atoms with Crippen LogP contribution in [0.4, 0.5) is 0 Å². The highest BCUT2D eigenvalue weighted by molar-refractivity contribution is 5.97. The highest BCUT2D eigenvalue weighted by Crippen LogP contribution is 2.24. The molecule has 0 saturated carbocycles. The number of hydrogen-bond donors (Lipinski definition) is 4. The predicted octanol–water partition coefficient (Wildman–Crippen LogP) is 4.20. The van der Waals surface area contributed by atoms with Crippen LogP contribution < -0.4 is 16.0 Å². The summed E-state index contributed by atoms with van der Waals surface area (Å²) in [4.78, 5) is 36.6. The number of benzene rings is 3. The molecular weight excluding hydrogens is 568 g/mol. The maximum atomic E-state index is 13.7. The molecule has 4 rings (SSSR count). The number of ether oxygens (including phenoxy) is 2. The monoisotopic (exact) mass is 614 g/mol. The number of imidazole rings is 1. The van der Waals surface area contributed by atoms with Crippen molar-refractivity contribution >= 4 is 22.6 Å². The van der Waals surface area contributed by atoms with E-state index in [0.717, 1.165) is 47.4 Å². The van der Waals surface area contributed by atoms with Gasteiger partial charge in [-0.25, -0.2) is 4.98 Å². The van der Waals surface area contributed by atoms with Crippen molar-refractivity contribution in [3.05, 3.63) is 102 Å². The molecule has 0 spiro atoms. The number of H-pyrrole nitrogens is 1. The van der Waals surface area contributed by atoms with E-state index < -0.39 is 6.04 Å². The van der Waals surface area contributed by atoms with Crippen LogP contribution in [0.5, 0.6) is 0 Å². The van der Waals surface area contributed by atoms with Gasteiger partial charge in [0.05, 0.1) is 25.8 Å². The van der Waals surface area contributed by atoms with Crippen LogP contribution in [0.15, 0.2) is 79.1 Å². The van der Waals surface area contributed by atoms with Crippen molar-refractivity contribution in [2.75, 3.05) is 47.1 Å². The molecule has 0 unspecified atom stereocenters. The highest BCUT2D eigenvalue weighted by atomic mass is 16.5. The van der Waals surface area contributed by atoms with E-state index >= 15 is 0 Å². The number of amides is 2. The number of aromatic amines is 1. The number of nitrogens with zero attached hydrogens (tertiary/aromatic N) is 2. The van der Waals surface area contributed by atoms with E-state index in [4.69, 9.17) is 9.47 Å². The van der Waals surface area contributed by atoms with Crippen molar-refractivity contribution < 1.29 is 19.1 Å². The molecule has 0 fully saturated rings. The van der Waals surface area contributed by atoms with Crippen LogP contribution in [0.3, 0.4) is 0 Å². The molecule has 0 radical (unpaired) electrons. The standard InChI is InChI=1S/C35H46N6O4/c1-26(30-11-6-9-28-8-4-5-10-31(28)30)39-35(43)32(12-7-19-41(20-22-44-2)21-23-45-3)40-34(42)29-15-13-27(14-16-29)24-36-25-33-37-17-18-38-33/h4-6,8-11,13-18,26,32,36H,7,12,19-25H2,1-3H3,(H,37,38)(H,39,43)(H,40,42)/t26-,32-/m0/s1. The second-order valence-electron chi connectivity index (χ2n) is 11.1. The van der Waals surface area contributed by atoms with Crippen molar-refractivity contribution in [1.82, 2.24) is 30.8 Å². The van der Waals surface area contributed by atoms with E-state index in [2.05, 4.69) is 49.0 Å². The molecular formula is C35H46N6O4. The Morgan fingerprint density at radius 3 is 2.33 bits per heavy atom. The van der Waals surface area contributed by atoms with Gasteiger partial charge in [-0.2, -0.15) is 0 Å². The summed E-state index contributed by atoms with van der Waals surface area (Å²) in [5.74, 6) is 0.382. The Hall–Kier alpha value is -4.09. The molecule has 0 aliphatic carbocycles. The number of methoxy groups -OCH3 is 2. The first-order chi connectivity index (χ1) is 22.0. The third kappa shape index (κ3) is 10.5. The quantitative estimate of drug-likeness (QED) is 0.125. The summed E-state index contributed by atoms with van der Waals surface area (Å²) < 4.78 is 10.5. The van der Waals surface area contributed by atoms with Gasteiger partial charge >= 0.3 is 0 Å². The minimum atomic E-state index is -0.698. The lowest BCUT2D eigenvalue weighted by atomic mass is 9.99. The number of rotatable bonds is 19. The third-order valence-corrected chi connectivity index (χ3v) is 7.85. The normalized spacial score (nSPS) is 12.7. The molecule has 4 N–H and O–H groups in total. The molecule has 0 aliphatic heterocycles. The van der Waals surface area contributed by atoms with E-state index in [-0.39, 0.29) is 17.9 Å². The fourth-order valence-corrected chi connectivity index (χ4v) is 5.32. The maximum Gasteiger partial charge on any atom is 0.251 e. The fourth-order valence-electron chi connectivity index (χ4n) is 5.32. The van der Waals surface area contributed by atoms with Crippen LogP contribution in [0.1, 0.15) is 53.1 Å². The Morgan fingerprint density at radius 2 is 1.62 bits per heavy atom. The summed E-state index contributed by atoms with van der Waals surface area (Å²) in [6.45, 7) is 6.76. The van der Waals surface area contributed by atoms with Crippen molar-refractivity contribution in [2.45, 2.75) is 44.9 Å². The van der Waals surface area contributed by atoms with Crippen molar-refractivity contribution in [1.29, 1.82) is 0 Å². The molecule has 1 aromatic heterocycles. The Labute approximate surface area is 265 Å². The summed E-state index contributed by atoms with van der Waals surface area (Å²) in [6.07, 6.45) is 4.72. The van der Waals surface area contributed by atoms with Crippen LogP contribution in [0, 0.1) is 0 Å². The molecule has 1 heterocycles. The predicted molar refractivity (Wildman–Crippen MR) is 177 cm³/mol. The van der Waals surface area contributed by atoms with Gasteiger partial charge in [0, 0.05) is 51.8 Å². The molecule has 45 heavy (non-hydrogen) atoms. The zero-order valence-corrected chi connectivity index (χ0v) is 26.6. The van der Waals surface area contributed by atoms with Crippen LogP contribution in [0.2, 0.25) is 0 Å². The first-order valence-corrected chi connectivity index (χ1v) is 15.6. The second kappa shape index (κ2) is 18.0. The van der Waals surface area contributed by atoms with Gasteiger partial charge in [0.2, 0.25) is 5.91 Å². The van der Waals surface area contributed by atoms with Gasteiger partial charge in [0.15, 0.2) is 0 Å². The smallest absolute Gasteiger partial charge is 0.251 e. The van der Waals surface area contributed by atoms with Gasteiger partial charge in [-0.3, -0.25) is 14.5 Å². The lowest BCUT2D eigenvalue weighted by Crippen LogP contribution is -2.47. The Bertz CT molecular complexity index is 1450. The minimum Gasteiger partial charge on any atom is -0.383 e. The van der Waals surface area contributed by atoms with Gasteiger partial charge in [0.1, 0.15) is 11.9 Å². The second-order valence-corrected chi connectivity index (χ2v) is 11.1. The lowest BCUT2D eigenvalue weighted by Gasteiger charge is -2.25. The number of nitrogens with one attached hydrogen (secondary N) is 4.